The molecule has 0 atom stereocenters. The maximum Gasteiger partial charge on any atom is 0.234 e. The summed E-state index contributed by atoms with van der Waals surface area (Å²) in [4.78, 5) is 14.4. The molecule has 0 spiro atoms. The number of morpholine rings is 1. The smallest absolute Gasteiger partial charge is 0.234 e. The first-order valence-corrected chi connectivity index (χ1v) is 8.78. The number of nitrogens with zero attached hydrogens (tertiary/aromatic N) is 1. The molecule has 1 aromatic rings. The van der Waals surface area contributed by atoms with E-state index < -0.39 is 0 Å². The zero-order chi connectivity index (χ0) is 16.5. The molecule has 0 radical (unpaired) electrons. The van der Waals surface area contributed by atoms with Gasteiger partial charge in [0.1, 0.15) is 11.5 Å². The first-order chi connectivity index (χ1) is 11.2. The first-order valence-electron chi connectivity index (χ1n) is 7.62. The second kappa shape index (κ2) is 9.64. The van der Waals surface area contributed by atoms with Gasteiger partial charge in [0.15, 0.2) is 0 Å². The summed E-state index contributed by atoms with van der Waals surface area (Å²) in [6.45, 7) is 4.56. The molecular formula is C16H24N2O4S. The van der Waals surface area contributed by atoms with Gasteiger partial charge in [0, 0.05) is 31.5 Å². The van der Waals surface area contributed by atoms with Crippen molar-refractivity contribution in [3.05, 3.63) is 18.2 Å². The Morgan fingerprint density at radius 1 is 1.30 bits per heavy atom. The highest BCUT2D eigenvalue weighted by Gasteiger charge is 2.11. The van der Waals surface area contributed by atoms with E-state index in [0.717, 1.165) is 38.6 Å². The molecule has 2 rings (SSSR count). The highest BCUT2D eigenvalue weighted by Crippen LogP contribution is 2.28. The Balaban J connectivity index is 1.73. The van der Waals surface area contributed by atoms with Crippen molar-refractivity contribution in [1.29, 1.82) is 0 Å². The molecule has 1 aliphatic heterocycles. The van der Waals surface area contributed by atoms with Crippen LogP contribution in [-0.4, -0.2) is 69.4 Å². The molecule has 1 amide bonds. The lowest BCUT2D eigenvalue weighted by atomic mass is 10.2. The third-order valence-electron chi connectivity index (χ3n) is 3.57. The molecule has 0 bridgehead atoms. The van der Waals surface area contributed by atoms with Gasteiger partial charge in [-0.15, -0.1) is 0 Å². The van der Waals surface area contributed by atoms with Crippen LogP contribution < -0.4 is 14.8 Å². The minimum absolute atomic E-state index is 0.0384. The van der Waals surface area contributed by atoms with E-state index in [9.17, 15) is 4.79 Å². The predicted molar refractivity (Wildman–Crippen MR) is 92.8 cm³/mol. The molecule has 0 aliphatic carbocycles. The van der Waals surface area contributed by atoms with Gasteiger partial charge in [-0.25, -0.2) is 0 Å². The molecule has 23 heavy (non-hydrogen) atoms. The molecule has 1 fully saturated rings. The van der Waals surface area contributed by atoms with Gasteiger partial charge in [-0.3, -0.25) is 9.69 Å². The molecule has 0 unspecified atom stereocenters. The number of benzene rings is 1. The molecule has 128 valence electrons. The number of thioether (sulfide) groups is 1. The van der Waals surface area contributed by atoms with E-state index in [1.807, 2.05) is 0 Å². The van der Waals surface area contributed by atoms with Crippen LogP contribution in [0.5, 0.6) is 11.5 Å². The number of anilines is 1. The van der Waals surface area contributed by atoms with Gasteiger partial charge in [-0.1, -0.05) is 0 Å². The van der Waals surface area contributed by atoms with Crippen molar-refractivity contribution in [2.24, 2.45) is 0 Å². The molecule has 0 aromatic heterocycles. The number of hydrogen-bond acceptors (Lipinski definition) is 6. The third kappa shape index (κ3) is 5.93. The average Bonchev–Trinajstić information content (AvgIpc) is 2.59. The Labute approximate surface area is 141 Å². The largest absolute Gasteiger partial charge is 0.497 e. The molecule has 1 aliphatic rings. The van der Waals surface area contributed by atoms with E-state index in [1.54, 1.807) is 44.2 Å². The summed E-state index contributed by atoms with van der Waals surface area (Å²) in [5.74, 6) is 2.62. The lowest BCUT2D eigenvalue weighted by molar-refractivity contribution is -0.113. The summed E-state index contributed by atoms with van der Waals surface area (Å²) in [6.07, 6.45) is 0. The minimum atomic E-state index is -0.0384. The fourth-order valence-electron chi connectivity index (χ4n) is 2.28. The number of carbonyl (C=O) groups is 1. The molecule has 6 nitrogen and oxygen atoms in total. The molecule has 7 heteroatoms. The standard InChI is InChI=1S/C16H24N2O4S/c1-20-13-3-4-15(21-2)14(11-13)17-16(19)12-23-10-7-18-5-8-22-9-6-18/h3-4,11H,5-10,12H2,1-2H3,(H,17,19). The first kappa shape index (κ1) is 17.9. The number of rotatable bonds is 8. The van der Waals surface area contributed by atoms with E-state index in [0.29, 0.717) is 22.9 Å². The normalized spacial score (nSPS) is 15.2. The second-order valence-corrected chi connectivity index (χ2v) is 6.23. The fourth-order valence-corrected chi connectivity index (χ4v) is 3.07. The van der Waals surface area contributed by atoms with Gasteiger partial charge in [0.05, 0.1) is 38.9 Å². The molecule has 1 N–H and O–H groups in total. The molecule has 1 heterocycles. The topological polar surface area (TPSA) is 60.0 Å². The van der Waals surface area contributed by atoms with Crippen LogP contribution in [0.2, 0.25) is 0 Å². The van der Waals surface area contributed by atoms with Crippen LogP contribution in [0.1, 0.15) is 0 Å². The average molecular weight is 340 g/mol. The van der Waals surface area contributed by atoms with Crippen LogP contribution in [0.25, 0.3) is 0 Å². The van der Waals surface area contributed by atoms with Crippen molar-refractivity contribution >= 4 is 23.4 Å². The Bertz CT molecular complexity index is 507. The Morgan fingerprint density at radius 3 is 2.78 bits per heavy atom. The van der Waals surface area contributed by atoms with E-state index >= 15 is 0 Å². The van der Waals surface area contributed by atoms with Gasteiger partial charge in [0.2, 0.25) is 5.91 Å². The monoisotopic (exact) mass is 340 g/mol. The fraction of sp³-hybridized carbons (Fsp3) is 0.562. The lowest BCUT2D eigenvalue weighted by Crippen LogP contribution is -2.37. The summed E-state index contributed by atoms with van der Waals surface area (Å²) in [6, 6.07) is 5.33. The molecule has 1 aromatic carbocycles. The van der Waals surface area contributed by atoms with Gasteiger partial charge in [-0.2, -0.15) is 11.8 Å². The number of carbonyl (C=O) groups excluding carboxylic acids is 1. The van der Waals surface area contributed by atoms with Crippen LogP contribution in [0.15, 0.2) is 18.2 Å². The van der Waals surface area contributed by atoms with Crippen molar-refractivity contribution in [3.63, 3.8) is 0 Å². The van der Waals surface area contributed by atoms with Crippen LogP contribution in [0, 0.1) is 0 Å². The Kier molecular flexibility index (Phi) is 7.51. The van der Waals surface area contributed by atoms with Crippen molar-refractivity contribution in [1.82, 2.24) is 4.90 Å². The number of ether oxygens (including phenoxy) is 3. The maximum absolute atomic E-state index is 12.1. The van der Waals surface area contributed by atoms with Crippen LogP contribution in [0.3, 0.4) is 0 Å². The number of methoxy groups -OCH3 is 2. The summed E-state index contributed by atoms with van der Waals surface area (Å²) in [5, 5.41) is 2.88. The quantitative estimate of drug-likeness (QED) is 0.727. The zero-order valence-electron chi connectivity index (χ0n) is 13.7. The van der Waals surface area contributed by atoms with Crippen LogP contribution >= 0.6 is 11.8 Å². The zero-order valence-corrected chi connectivity index (χ0v) is 14.5. The van der Waals surface area contributed by atoms with Crippen molar-refractivity contribution in [3.8, 4) is 11.5 Å². The maximum atomic E-state index is 12.1. The highest BCUT2D eigenvalue weighted by molar-refractivity contribution is 7.99. The highest BCUT2D eigenvalue weighted by atomic mass is 32.2. The number of amides is 1. The van der Waals surface area contributed by atoms with Crippen molar-refractivity contribution in [2.45, 2.75) is 0 Å². The predicted octanol–water partition coefficient (Wildman–Crippen LogP) is 1.71. The summed E-state index contributed by atoms with van der Waals surface area (Å²) < 4.78 is 15.7. The van der Waals surface area contributed by atoms with E-state index in [4.69, 9.17) is 14.2 Å². The van der Waals surface area contributed by atoms with Crippen molar-refractivity contribution < 1.29 is 19.0 Å². The van der Waals surface area contributed by atoms with E-state index in [2.05, 4.69) is 10.2 Å². The van der Waals surface area contributed by atoms with E-state index in [1.165, 1.54) is 0 Å². The molecular weight excluding hydrogens is 316 g/mol. The van der Waals surface area contributed by atoms with Crippen molar-refractivity contribution in [2.75, 3.05) is 63.9 Å². The minimum Gasteiger partial charge on any atom is -0.497 e. The van der Waals surface area contributed by atoms with Crippen LogP contribution in [-0.2, 0) is 9.53 Å². The third-order valence-corrected chi connectivity index (χ3v) is 4.51. The van der Waals surface area contributed by atoms with Crippen LogP contribution in [0.4, 0.5) is 5.69 Å². The van der Waals surface area contributed by atoms with Gasteiger partial charge >= 0.3 is 0 Å². The Morgan fingerprint density at radius 2 is 2.09 bits per heavy atom. The molecule has 0 saturated carbocycles. The van der Waals surface area contributed by atoms with E-state index in [-0.39, 0.29) is 5.91 Å². The summed E-state index contributed by atoms with van der Waals surface area (Å²) >= 11 is 1.63. The van der Waals surface area contributed by atoms with Gasteiger partial charge < -0.3 is 19.5 Å². The summed E-state index contributed by atoms with van der Waals surface area (Å²) in [5.41, 5.74) is 0.630. The number of nitrogens with one attached hydrogen (secondary N) is 1. The second-order valence-electron chi connectivity index (χ2n) is 5.12. The van der Waals surface area contributed by atoms with Gasteiger partial charge in [0.25, 0.3) is 0 Å². The van der Waals surface area contributed by atoms with Gasteiger partial charge in [-0.05, 0) is 12.1 Å². The lowest BCUT2D eigenvalue weighted by Gasteiger charge is -2.26. The SMILES string of the molecule is COc1ccc(OC)c(NC(=O)CSCCN2CCOCC2)c1. The molecule has 1 saturated heterocycles. The Hall–Kier alpha value is -1.44. The number of hydrogen-bond donors (Lipinski definition) is 1. The summed E-state index contributed by atoms with van der Waals surface area (Å²) in [7, 11) is 3.17.